The van der Waals surface area contributed by atoms with Crippen LogP contribution in [0.5, 0.6) is 5.75 Å². The number of carbonyl (C=O) groups is 1. The van der Waals surface area contributed by atoms with Gasteiger partial charge in [-0.05, 0) is 67.6 Å². The van der Waals surface area contributed by atoms with E-state index in [1.165, 1.54) is 16.5 Å². The van der Waals surface area contributed by atoms with Gasteiger partial charge in [0.2, 0.25) is 5.91 Å². The van der Waals surface area contributed by atoms with E-state index in [9.17, 15) is 4.79 Å². The van der Waals surface area contributed by atoms with Crippen LogP contribution in [0.1, 0.15) is 36.8 Å². The molecule has 0 spiro atoms. The minimum atomic E-state index is 0.174. The first kappa shape index (κ1) is 22.4. The average molecular weight is 461 g/mol. The van der Waals surface area contributed by atoms with Crippen LogP contribution in [0.3, 0.4) is 0 Å². The first-order chi connectivity index (χ1) is 16.5. The summed E-state index contributed by atoms with van der Waals surface area (Å²) >= 11 is 0. The lowest BCUT2D eigenvalue weighted by Gasteiger charge is -2.32. The number of benzene rings is 1. The van der Waals surface area contributed by atoms with E-state index in [-0.39, 0.29) is 5.91 Å². The number of nitrogens with zero attached hydrogens (tertiary/aromatic N) is 5. The van der Waals surface area contributed by atoms with E-state index < -0.39 is 0 Å². The van der Waals surface area contributed by atoms with Gasteiger partial charge in [0, 0.05) is 36.8 Å². The van der Waals surface area contributed by atoms with Gasteiger partial charge in [0.25, 0.3) is 0 Å². The first-order valence-corrected chi connectivity index (χ1v) is 11.9. The summed E-state index contributed by atoms with van der Waals surface area (Å²) < 4.78 is 7.34. The summed E-state index contributed by atoms with van der Waals surface area (Å²) in [6.45, 7) is 4.63. The van der Waals surface area contributed by atoms with Crippen molar-refractivity contribution in [2.24, 2.45) is 0 Å². The van der Waals surface area contributed by atoms with Crippen molar-refractivity contribution in [1.29, 1.82) is 0 Å². The van der Waals surface area contributed by atoms with Gasteiger partial charge in [-0.25, -0.2) is 9.50 Å². The third-order valence-corrected chi connectivity index (χ3v) is 7.05. The lowest BCUT2D eigenvalue weighted by molar-refractivity contribution is -0.130. The molecule has 1 aliphatic heterocycles. The van der Waals surface area contributed by atoms with Gasteiger partial charge in [0.05, 0.1) is 19.3 Å². The van der Waals surface area contributed by atoms with Crippen LogP contribution in [-0.2, 0) is 11.2 Å². The van der Waals surface area contributed by atoms with Crippen LogP contribution in [0.15, 0.2) is 36.8 Å². The zero-order valence-corrected chi connectivity index (χ0v) is 20.3. The molecule has 1 amide bonds. The van der Waals surface area contributed by atoms with Crippen LogP contribution in [0.4, 0.5) is 0 Å². The van der Waals surface area contributed by atoms with Gasteiger partial charge in [0.1, 0.15) is 6.33 Å². The molecule has 8 heteroatoms. The van der Waals surface area contributed by atoms with Crippen molar-refractivity contribution < 1.29 is 9.53 Å². The topological polar surface area (TPSA) is 78.8 Å². The number of pyridine rings is 1. The molecule has 178 valence electrons. The lowest BCUT2D eigenvalue weighted by atomic mass is 9.88. The van der Waals surface area contributed by atoms with Crippen molar-refractivity contribution in [2.45, 2.75) is 32.1 Å². The summed E-state index contributed by atoms with van der Waals surface area (Å²) in [4.78, 5) is 23.9. The van der Waals surface area contributed by atoms with Crippen molar-refractivity contribution in [3.05, 3.63) is 47.9 Å². The predicted molar refractivity (Wildman–Crippen MR) is 133 cm³/mol. The summed E-state index contributed by atoms with van der Waals surface area (Å²) in [5.74, 6) is 1.40. The number of aryl methyl sites for hydroxylation is 1. The van der Waals surface area contributed by atoms with Crippen LogP contribution < -0.4 is 4.74 Å². The number of hydrogen-bond acceptors (Lipinski definition) is 5. The Labute approximate surface area is 199 Å². The fourth-order valence-electron chi connectivity index (χ4n) is 5.07. The van der Waals surface area contributed by atoms with Gasteiger partial charge in [-0.2, -0.15) is 5.10 Å². The molecule has 34 heavy (non-hydrogen) atoms. The molecule has 0 saturated carbocycles. The zero-order chi connectivity index (χ0) is 23.8. The molecule has 1 aromatic carbocycles. The molecule has 3 aromatic heterocycles. The van der Waals surface area contributed by atoms with E-state index in [4.69, 9.17) is 4.74 Å². The van der Waals surface area contributed by atoms with E-state index in [0.717, 1.165) is 49.1 Å². The smallest absolute Gasteiger partial charge is 0.236 e. The maximum atomic E-state index is 12.1. The second-order valence-electron chi connectivity index (χ2n) is 9.30. The highest BCUT2D eigenvalue weighted by Gasteiger charge is 2.23. The molecule has 1 fully saturated rings. The van der Waals surface area contributed by atoms with Crippen LogP contribution in [0.2, 0.25) is 0 Å². The van der Waals surface area contributed by atoms with E-state index in [0.29, 0.717) is 23.9 Å². The maximum Gasteiger partial charge on any atom is 0.236 e. The number of methoxy groups -OCH3 is 1. The zero-order valence-electron chi connectivity index (χ0n) is 20.3. The molecule has 0 bridgehead atoms. The molecule has 4 aromatic rings. The lowest BCUT2D eigenvalue weighted by Crippen LogP contribution is -2.40. The Balaban J connectivity index is 1.43. The fourth-order valence-corrected chi connectivity index (χ4v) is 5.07. The standard InChI is InChI=1S/C26H32N6O2/c1-5-20-21-12-18(17-8-10-31(11-9-17)15-24(33)30(2)3)6-7-22(21)29-25(20)19-13-23(34-4)26-27-16-28-32(26)14-19/h6-7,12-14,16-17,29H,5,8-11,15H2,1-4H3. The monoisotopic (exact) mass is 460 g/mol. The molecule has 5 rings (SSSR count). The minimum Gasteiger partial charge on any atom is -0.493 e. The van der Waals surface area contributed by atoms with E-state index >= 15 is 0 Å². The summed E-state index contributed by atoms with van der Waals surface area (Å²) in [5, 5.41) is 5.59. The summed E-state index contributed by atoms with van der Waals surface area (Å²) in [5.41, 5.74) is 6.66. The number of H-pyrrole nitrogens is 1. The molecule has 1 N–H and O–H groups in total. The quantitative estimate of drug-likeness (QED) is 0.475. The molecular formula is C26H32N6O2. The number of hydrogen-bond donors (Lipinski definition) is 1. The van der Waals surface area contributed by atoms with Crippen LogP contribution in [0.25, 0.3) is 27.8 Å². The Morgan fingerprint density at radius 2 is 2.03 bits per heavy atom. The van der Waals surface area contributed by atoms with Crippen molar-refractivity contribution in [2.75, 3.05) is 40.8 Å². The number of ether oxygens (including phenoxy) is 1. The second-order valence-corrected chi connectivity index (χ2v) is 9.30. The number of nitrogens with one attached hydrogen (secondary N) is 1. The third-order valence-electron chi connectivity index (χ3n) is 7.05. The molecule has 8 nitrogen and oxygen atoms in total. The van der Waals surface area contributed by atoms with E-state index in [2.05, 4.69) is 45.1 Å². The molecule has 0 radical (unpaired) electrons. The van der Waals surface area contributed by atoms with Gasteiger partial charge in [0.15, 0.2) is 11.4 Å². The Hall–Kier alpha value is -3.39. The van der Waals surface area contributed by atoms with Crippen molar-refractivity contribution >= 4 is 22.5 Å². The van der Waals surface area contributed by atoms with E-state index in [1.54, 1.807) is 22.9 Å². The number of likely N-dealkylation sites (N-methyl/N-ethyl adjacent to an activating group) is 1. The highest BCUT2D eigenvalue weighted by molar-refractivity contribution is 5.91. The largest absolute Gasteiger partial charge is 0.493 e. The Morgan fingerprint density at radius 1 is 1.24 bits per heavy atom. The molecule has 0 atom stereocenters. The number of rotatable bonds is 6. The van der Waals surface area contributed by atoms with Gasteiger partial charge < -0.3 is 14.6 Å². The first-order valence-electron chi connectivity index (χ1n) is 11.9. The SMILES string of the molecule is CCc1c(-c2cc(OC)c3ncnn3c2)[nH]c2ccc(C3CCN(CC(=O)N(C)C)CC3)cc12. The number of amides is 1. The van der Waals surface area contributed by atoms with Crippen LogP contribution in [0, 0.1) is 0 Å². The van der Waals surface area contributed by atoms with Gasteiger partial charge in [-0.3, -0.25) is 9.69 Å². The van der Waals surface area contributed by atoms with Crippen LogP contribution in [-0.4, -0.2) is 76.1 Å². The van der Waals surface area contributed by atoms with E-state index in [1.807, 2.05) is 26.4 Å². The Kier molecular flexibility index (Phi) is 6.00. The minimum absolute atomic E-state index is 0.174. The van der Waals surface area contributed by atoms with Gasteiger partial charge >= 0.3 is 0 Å². The highest BCUT2D eigenvalue weighted by atomic mass is 16.5. The number of piperidine rings is 1. The maximum absolute atomic E-state index is 12.1. The molecule has 1 aliphatic rings. The molecule has 0 unspecified atom stereocenters. The van der Waals surface area contributed by atoms with Gasteiger partial charge in [-0.15, -0.1) is 0 Å². The predicted octanol–water partition coefficient (Wildman–Crippen LogP) is 3.72. The number of carbonyl (C=O) groups excluding carboxylic acids is 1. The highest BCUT2D eigenvalue weighted by Crippen LogP contribution is 2.36. The summed E-state index contributed by atoms with van der Waals surface area (Å²) in [7, 11) is 5.30. The van der Waals surface area contributed by atoms with Crippen molar-refractivity contribution in [3.63, 3.8) is 0 Å². The second kappa shape index (κ2) is 9.10. The molecule has 4 heterocycles. The number of fused-ring (bicyclic) bond motifs is 2. The molecule has 1 saturated heterocycles. The third kappa shape index (κ3) is 4.03. The normalized spacial score (nSPS) is 15.3. The fraction of sp³-hybridized carbons (Fsp3) is 0.423. The summed E-state index contributed by atoms with van der Waals surface area (Å²) in [6, 6.07) is 8.86. The van der Waals surface area contributed by atoms with Crippen molar-refractivity contribution in [1.82, 2.24) is 29.4 Å². The van der Waals surface area contributed by atoms with Crippen molar-refractivity contribution in [3.8, 4) is 17.0 Å². The molecule has 0 aliphatic carbocycles. The molecular weight excluding hydrogens is 428 g/mol. The van der Waals surface area contributed by atoms with Gasteiger partial charge in [-0.1, -0.05) is 13.0 Å². The Bertz CT molecular complexity index is 1330. The van der Waals surface area contributed by atoms with Crippen LogP contribution >= 0.6 is 0 Å². The number of aromatic nitrogens is 4. The average Bonchev–Trinajstić information content (AvgIpc) is 3.47. The number of aromatic amines is 1. The Morgan fingerprint density at radius 3 is 2.74 bits per heavy atom. The number of likely N-dealkylation sites (tertiary alicyclic amines) is 1. The summed E-state index contributed by atoms with van der Waals surface area (Å²) in [6.07, 6.45) is 6.61.